The largest absolute Gasteiger partial charge is 0.489 e. The molecule has 0 bridgehead atoms. The lowest BCUT2D eigenvalue weighted by atomic mass is 10.2. The van der Waals surface area contributed by atoms with Crippen LogP contribution in [0.5, 0.6) is 5.75 Å². The first kappa shape index (κ1) is 17.4. The first-order valence-electron chi connectivity index (χ1n) is 7.77. The van der Waals surface area contributed by atoms with E-state index >= 15 is 0 Å². The predicted molar refractivity (Wildman–Crippen MR) is 93.7 cm³/mol. The number of amides is 2. The topological polar surface area (TPSA) is 65.4 Å². The van der Waals surface area contributed by atoms with Gasteiger partial charge in [-0.15, -0.1) is 0 Å². The number of hydrogen-bond acceptors (Lipinski definition) is 3. The van der Waals surface area contributed by atoms with Crippen LogP contribution in [0.15, 0.2) is 54.6 Å². The number of rotatable bonds is 6. The molecule has 2 aromatic rings. The molecular formula is C19H21N3O2. The SMILES string of the molecule is CC(CC#N)N(C)C(=O)Nc1ccc(OCc2ccccc2)cc1. The monoisotopic (exact) mass is 323 g/mol. The van der Waals surface area contributed by atoms with Gasteiger partial charge in [0.25, 0.3) is 0 Å². The van der Waals surface area contributed by atoms with Gasteiger partial charge in [-0.3, -0.25) is 0 Å². The number of urea groups is 1. The zero-order valence-electron chi connectivity index (χ0n) is 13.9. The van der Waals surface area contributed by atoms with Gasteiger partial charge in [0.2, 0.25) is 0 Å². The Morgan fingerprint density at radius 1 is 1.21 bits per heavy atom. The second kappa shape index (κ2) is 8.59. The van der Waals surface area contributed by atoms with Crippen LogP contribution in [0.25, 0.3) is 0 Å². The van der Waals surface area contributed by atoms with Gasteiger partial charge < -0.3 is 15.0 Å². The van der Waals surface area contributed by atoms with Gasteiger partial charge in [0.15, 0.2) is 0 Å². The number of carbonyl (C=O) groups excluding carboxylic acids is 1. The van der Waals surface area contributed by atoms with Crippen molar-refractivity contribution in [2.45, 2.75) is 26.0 Å². The molecule has 0 aliphatic rings. The van der Waals surface area contributed by atoms with Crippen LogP contribution in [0.1, 0.15) is 18.9 Å². The Hall–Kier alpha value is -3.00. The minimum absolute atomic E-state index is 0.136. The molecule has 5 nitrogen and oxygen atoms in total. The van der Waals surface area contributed by atoms with Gasteiger partial charge in [-0.05, 0) is 36.8 Å². The first-order chi connectivity index (χ1) is 11.6. The van der Waals surface area contributed by atoms with Crippen LogP contribution in [-0.4, -0.2) is 24.0 Å². The van der Waals surface area contributed by atoms with Crippen molar-refractivity contribution < 1.29 is 9.53 Å². The summed E-state index contributed by atoms with van der Waals surface area (Å²) in [6, 6.07) is 18.8. The summed E-state index contributed by atoms with van der Waals surface area (Å²) in [6.07, 6.45) is 0.302. The molecule has 2 amide bonds. The van der Waals surface area contributed by atoms with Gasteiger partial charge in [0, 0.05) is 18.8 Å². The molecule has 0 aliphatic carbocycles. The van der Waals surface area contributed by atoms with Crippen molar-refractivity contribution in [1.29, 1.82) is 5.26 Å². The summed E-state index contributed by atoms with van der Waals surface area (Å²) in [7, 11) is 1.68. The molecule has 0 aromatic heterocycles. The molecule has 1 atom stereocenters. The average molecular weight is 323 g/mol. The van der Waals surface area contributed by atoms with Gasteiger partial charge in [0.1, 0.15) is 12.4 Å². The van der Waals surface area contributed by atoms with E-state index in [1.807, 2.05) is 49.4 Å². The van der Waals surface area contributed by atoms with Gasteiger partial charge in [-0.1, -0.05) is 30.3 Å². The molecule has 24 heavy (non-hydrogen) atoms. The smallest absolute Gasteiger partial charge is 0.321 e. The number of benzene rings is 2. The molecule has 1 unspecified atom stereocenters. The minimum Gasteiger partial charge on any atom is -0.489 e. The number of nitrogens with zero attached hydrogens (tertiary/aromatic N) is 2. The summed E-state index contributed by atoms with van der Waals surface area (Å²) in [4.78, 5) is 13.6. The Morgan fingerprint density at radius 2 is 1.88 bits per heavy atom. The minimum atomic E-state index is -0.240. The molecule has 0 aliphatic heterocycles. The highest BCUT2D eigenvalue weighted by Crippen LogP contribution is 2.17. The quantitative estimate of drug-likeness (QED) is 0.873. The van der Waals surface area contributed by atoms with Crippen molar-refractivity contribution >= 4 is 11.7 Å². The van der Waals surface area contributed by atoms with E-state index < -0.39 is 0 Å². The number of nitrogens with one attached hydrogen (secondary N) is 1. The summed E-state index contributed by atoms with van der Waals surface area (Å²) >= 11 is 0. The van der Waals surface area contributed by atoms with Crippen molar-refractivity contribution in [1.82, 2.24) is 4.90 Å². The molecule has 2 rings (SSSR count). The zero-order valence-corrected chi connectivity index (χ0v) is 13.9. The fraction of sp³-hybridized carbons (Fsp3) is 0.263. The molecular weight excluding hydrogens is 302 g/mol. The number of ether oxygens (including phenoxy) is 1. The zero-order chi connectivity index (χ0) is 17.4. The third kappa shape index (κ3) is 5.03. The maximum absolute atomic E-state index is 12.1. The molecule has 2 aromatic carbocycles. The molecule has 124 valence electrons. The Balaban J connectivity index is 1.87. The number of anilines is 1. The normalized spacial score (nSPS) is 11.2. The van der Waals surface area contributed by atoms with Crippen molar-refractivity contribution in [3.63, 3.8) is 0 Å². The van der Waals surface area contributed by atoms with E-state index in [9.17, 15) is 4.79 Å². The second-order valence-electron chi connectivity index (χ2n) is 5.55. The molecule has 1 N–H and O–H groups in total. The van der Waals surface area contributed by atoms with Crippen molar-refractivity contribution in [2.24, 2.45) is 0 Å². The standard InChI is InChI=1S/C19H21N3O2/c1-15(12-13-20)22(2)19(23)21-17-8-10-18(11-9-17)24-14-16-6-4-3-5-7-16/h3-11,15H,12,14H2,1-2H3,(H,21,23). The third-order valence-corrected chi connectivity index (χ3v) is 3.72. The lowest BCUT2D eigenvalue weighted by Crippen LogP contribution is -2.38. The molecule has 0 spiro atoms. The van der Waals surface area contributed by atoms with Crippen LogP contribution >= 0.6 is 0 Å². The summed E-state index contributed by atoms with van der Waals surface area (Å²) in [6.45, 7) is 2.34. The Labute approximate surface area is 142 Å². The van der Waals surface area contributed by atoms with E-state index in [-0.39, 0.29) is 12.1 Å². The van der Waals surface area contributed by atoms with Gasteiger partial charge in [-0.2, -0.15) is 5.26 Å². The van der Waals surface area contributed by atoms with Crippen LogP contribution in [-0.2, 0) is 6.61 Å². The van der Waals surface area contributed by atoms with E-state index in [0.29, 0.717) is 18.7 Å². The first-order valence-corrected chi connectivity index (χ1v) is 7.77. The van der Waals surface area contributed by atoms with Gasteiger partial charge >= 0.3 is 6.03 Å². The number of nitriles is 1. The summed E-state index contributed by atoms with van der Waals surface area (Å²) in [5.41, 5.74) is 1.78. The predicted octanol–water partition coefficient (Wildman–Crippen LogP) is 4.03. The van der Waals surface area contributed by atoms with Crippen molar-refractivity contribution in [3.05, 3.63) is 60.2 Å². The Kier molecular flexibility index (Phi) is 6.21. The second-order valence-corrected chi connectivity index (χ2v) is 5.55. The van der Waals surface area contributed by atoms with E-state index in [1.54, 1.807) is 19.2 Å². The lowest BCUT2D eigenvalue weighted by Gasteiger charge is -2.23. The van der Waals surface area contributed by atoms with Crippen LogP contribution in [0, 0.1) is 11.3 Å². The lowest BCUT2D eigenvalue weighted by molar-refractivity contribution is 0.208. The van der Waals surface area contributed by atoms with E-state index in [0.717, 1.165) is 11.3 Å². The molecule has 0 saturated carbocycles. The van der Waals surface area contributed by atoms with Crippen LogP contribution in [0.3, 0.4) is 0 Å². The van der Waals surface area contributed by atoms with E-state index in [4.69, 9.17) is 10.00 Å². The highest BCUT2D eigenvalue weighted by Gasteiger charge is 2.15. The van der Waals surface area contributed by atoms with Gasteiger partial charge in [-0.25, -0.2) is 4.79 Å². The van der Waals surface area contributed by atoms with Crippen LogP contribution in [0.2, 0.25) is 0 Å². The van der Waals surface area contributed by atoms with E-state index in [1.165, 1.54) is 4.90 Å². The highest BCUT2D eigenvalue weighted by molar-refractivity contribution is 5.89. The van der Waals surface area contributed by atoms with Gasteiger partial charge in [0.05, 0.1) is 12.5 Å². The highest BCUT2D eigenvalue weighted by atomic mass is 16.5. The fourth-order valence-corrected chi connectivity index (χ4v) is 2.06. The Morgan fingerprint density at radius 3 is 2.50 bits per heavy atom. The summed E-state index contributed by atoms with van der Waals surface area (Å²) in [5, 5.41) is 11.5. The molecule has 0 fully saturated rings. The van der Waals surface area contributed by atoms with E-state index in [2.05, 4.69) is 11.4 Å². The van der Waals surface area contributed by atoms with Crippen molar-refractivity contribution in [3.8, 4) is 11.8 Å². The van der Waals surface area contributed by atoms with Crippen LogP contribution in [0.4, 0.5) is 10.5 Å². The summed E-state index contributed by atoms with van der Waals surface area (Å²) < 4.78 is 5.71. The van der Waals surface area contributed by atoms with Crippen molar-refractivity contribution in [2.75, 3.05) is 12.4 Å². The Bertz CT molecular complexity index is 693. The fourth-order valence-electron chi connectivity index (χ4n) is 2.06. The maximum Gasteiger partial charge on any atom is 0.321 e. The van der Waals surface area contributed by atoms with Crippen LogP contribution < -0.4 is 10.1 Å². The molecule has 0 heterocycles. The molecule has 0 radical (unpaired) electrons. The number of carbonyl (C=O) groups is 1. The molecule has 5 heteroatoms. The number of hydrogen-bond donors (Lipinski definition) is 1. The summed E-state index contributed by atoms with van der Waals surface area (Å²) in [5.74, 6) is 0.739. The third-order valence-electron chi connectivity index (χ3n) is 3.72. The maximum atomic E-state index is 12.1. The molecule has 0 saturated heterocycles. The average Bonchev–Trinajstić information content (AvgIpc) is 2.61.